The lowest BCUT2D eigenvalue weighted by Gasteiger charge is -2.27. The topological polar surface area (TPSA) is 216 Å². The highest BCUT2D eigenvalue weighted by molar-refractivity contribution is 6.12. The van der Waals surface area contributed by atoms with Crippen molar-refractivity contribution >= 4 is 40.4 Å². The number of amidine groups is 1. The van der Waals surface area contributed by atoms with Crippen molar-refractivity contribution in [1.29, 1.82) is 0 Å². The lowest BCUT2D eigenvalue weighted by molar-refractivity contribution is 0.0631. The molecule has 7 aromatic rings. The summed E-state index contributed by atoms with van der Waals surface area (Å²) in [7, 11) is 3.63. The zero-order valence-electron chi connectivity index (χ0n) is 33.7. The Morgan fingerprint density at radius 3 is 1.92 bits per heavy atom. The number of aliphatic hydroxyl groups is 2. The predicted molar refractivity (Wildman–Crippen MR) is 226 cm³/mol. The van der Waals surface area contributed by atoms with Gasteiger partial charge in [0.25, 0.3) is 5.91 Å². The Hall–Kier alpha value is -7.04. The Labute approximate surface area is 341 Å². The average molecular weight is 798 g/mol. The number of aryl methyl sites for hydroxylation is 2. The first-order chi connectivity index (χ1) is 27.9. The van der Waals surface area contributed by atoms with Crippen molar-refractivity contribution in [3.05, 3.63) is 127 Å². The van der Waals surface area contributed by atoms with E-state index in [-0.39, 0.29) is 11.5 Å². The number of aliphatic imine (C=N–C) groups is 1. The minimum Gasteiger partial charge on any atom is -0.478 e. The molecule has 8 rings (SSSR count). The highest BCUT2D eigenvalue weighted by Gasteiger charge is 2.30. The van der Waals surface area contributed by atoms with Crippen molar-refractivity contribution in [2.75, 3.05) is 17.2 Å². The van der Waals surface area contributed by atoms with Gasteiger partial charge in [-0.3, -0.25) is 24.1 Å². The van der Waals surface area contributed by atoms with E-state index in [1.807, 2.05) is 71.2 Å². The van der Waals surface area contributed by atoms with Crippen LogP contribution in [0.1, 0.15) is 54.0 Å². The van der Waals surface area contributed by atoms with Gasteiger partial charge in [-0.15, -0.1) is 0 Å². The Morgan fingerprint density at radius 2 is 1.34 bits per heavy atom. The van der Waals surface area contributed by atoms with Crippen LogP contribution in [0, 0.1) is 0 Å². The molecule has 304 valence electrons. The summed E-state index contributed by atoms with van der Waals surface area (Å²) in [5.74, 6) is -0.208. The predicted octanol–water partition coefficient (Wildman–Crippen LogP) is 5.42. The number of aromatic carboxylic acids is 1. The lowest BCUT2D eigenvalue weighted by atomic mass is 10.1. The summed E-state index contributed by atoms with van der Waals surface area (Å²) in [6.45, 7) is 7.79. The van der Waals surface area contributed by atoms with Crippen LogP contribution in [0.15, 0.2) is 115 Å². The maximum absolute atomic E-state index is 12.9. The molecular formula is C43H47N11O5. The number of anilines is 2. The van der Waals surface area contributed by atoms with E-state index in [1.54, 1.807) is 81.0 Å². The molecule has 0 fully saturated rings. The van der Waals surface area contributed by atoms with E-state index in [4.69, 9.17) is 10.8 Å². The zero-order chi connectivity index (χ0) is 42.5. The normalized spacial score (nSPS) is 13.1. The van der Waals surface area contributed by atoms with E-state index in [1.165, 1.54) is 18.3 Å². The number of hydrogen-bond donors (Lipinski definition) is 4. The minimum absolute atomic E-state index is 0.226. The maximum atomic E-state index is 12.9. The molecule has 0 spiro atoms. The van der Waals surface area contributed by atoms with E-state index in [0.29, 0.717) is 48.2 Å². The third kappa shape index (κ3) is 10.7. The number of nitrogens with two attached hydrogens (primary N) is 1. The van der Waals surface area contributed by atoms with Gasteiger partial charge in [0.15, 0.2) is 0 Å². The van der Waals surface area contributed by atoms with Crippen LogP contribution in [-0.4, -0.2) is 89.9 Å². The lowest BCUT2D eigenvalue weighted by Crippen LogP contribution is -2.40. The number of benzene rings is 2. The van der Waals surface area contributed by atoms with Gasteiger partial charge >= 0.3 is 5.97 Å². The molecule has 0 saturated heterocycles. The number of pyridine rings is 2. The van der Waals surface area contributed by atoms with Crippen LogP contribution in [-0.2, 0) is 27.1 Å². The fourth-order valence-electron chi connectivity index (χ4n) is 6.37. The molecule has 0 unspecified atom stereocenters. The summed E-state index contributed by atoms with van der Waals surface area (Å²) in [4.78, 5) is 42.7. The van der Waals surface area contributed by atoms with Gasteiger partial charge in [0.1, 0.15) is 5.84 Å². The molecule has 16 heteroatoms. The van der Waals surface area contributed by atoms with Crippen molar-refractivity contribution < 1.29 is 24.9 Å². The Kier molecular flexibility index (Phi) is 12.1. The Balaban J connectivity index is 0.000000164. The van der Waals surface area contributed by atoms with Crippen molar-refractivity contribution in [2.24, 2.45) is 19.1 Å². The number of para-hydroxylation sites is 3. The smallest absolute Gasteiger partial charge is 0.335 e. The quantitative estimate of drug-likeness (QED) is 0.152. The molecule has 0 radical (unpaired) electrons. The Morgan fingerprint density at radius 1 is 0.780 bits per heavy atom. The molecule has 1 aliphatic rings. The summed E-state index contributed by atoms with van der Waals surface area (Å²) >= 11 is 0. The first-order valence-corrected chi connectivity index (χ1v) is 18.7. The average Bonchev–Trinajstić information content (AvgIpc) is 3.97. The van der Waals surface area contributed by atoms with Crippen molar-refractivity contribution in [1.82, 2.24) is 39.1 Å². The van der Waals surface area contributed by atoms with E-state index in [9.17, 15) is 19.8 Å². The molecule has 0 saturated carbocycles. The molecular weight excluding hydrogens is 751 g/mol. The van der Waals surface area contributed by atoms with E-state index in [0.717, 1.165) is 33.4 Å². The van der Waals surface area contributed by atoms with Gasteiger partial charge in [0.05, 0.1) is 64.7 Å². The molecule has 16 nitrogen and oxygen atoms in total. The van der Waals surface area contributed by atoms with Crippen LogP contribution >= 0.6 is 0 Å². The molecule has 59 heavy (non-hydrogen) atoms. The molecule has 1 aliphatic heterocycles. The molecule has 0 aliphatic carbocycles. The number of nitrogen functional groups attached to an aromatic ring is 1. The number of carboxylic acids is 1. The summed E-state index contributed by atoms with van der Waals surface area (Å²) in [5, 5.41) is 37.1. The van der Waals surface area contributed by atoms with Gasteiger partial charge in [-0.1, -0.05) is 30.3 Å². The van der Waals surface area contributed by atoms with Crippen LogP contribution in [0.25, 0.3) is 33.5 Å². The van der Waals surface area contributed by atoms with Gasteiger partial charge in [0, 0.05) is 67.7 Å². The van der Waals surface area contributed by atoms with Gasteiger partial charge in [-0.25, -0.2) is 9.78 Å². The summed E-state index contributed by atoms with van der Waals surface area (Å²) in [6, 6.07) is 22.0. The third-order valence-electron chi connectivity index (χ3n) is 8.96. The largest absolute Gasteiger partial charge is 0.478 e. The van der Waals surface area contributed by atoms with Crippen LogP contribution in [0.2, 0.25) is 0 Å². The van der Waals surface area contributed by atoms with Gasteiger partial charge in [-0.2, -0.15) is 15.2 Å². The van der Waals surface area contributed by atoms with Crippen LogP contribution in [0.5, 0.6) is 0 Å². The number of carboxylic acid groups (broad SMARTS) is 1. The van der Waals surface area contributed by atoms with Gasteiger partial charge in [-0.05, 0) is 75.7 Å². The fraction of sp³-hybridized carbons (Fsp3) is 0.256. The SMILES string of the molecule is CC(C)(O)Cn1c(N)nc2ccccc21.Cn1cc(-c2cc(C(=O)N=C3Cc4ccccc4N3CC(C)(C)O)ccn2)cn1.Cn1cc(-c2cc(C(=O)O)ccn2)cn1. The van der Waals surface area contributed by atoms with Crippen molar-refractivity contribution in [3.63, 3.8) is 0 Å². The summed E-state index contributed by atoms with van der Waals surface area (Å²) in [5.41, 5.74) is 11.6. The van der Waals surface area contributed by atoms with Gasteiger partial charge < -0.3 is 30.5 Å². The first-order valence-electron chi connectivity index (χ1n) is 18.7. The highest BCUT2D eigenvalue weighted by Crippen LogP contribution is 2.31. The van der Waals surface area contributed by atoms with Crippen LogP contribution in [0.3, 0.4) is 0 Å². The fourth-order valence-corrected chi connectivity index (χ4v) is 6.37. The first kappa shape index (κ1) is 41.6. The number of rotatable bonds is 8. The molecule has 2 aromatic carbocycles. The van der Waals surface area contributed by atoms with Crippen LogP contribution < -0.4 is 10.6 Å². The van der Waals surface area contributed by atoms with Crippen molar-refractivity contribution in [3.8, 4) is 22.5 Å². The third-order valence-corrected chi connectivity index (χ3v) is 8.96. The number of hydrogen-bond acceptors (Lipinski definition) is 10. The standard InChI is InChI=1S/C22H23N5O2.C11H15N3O.C10H9N3O2/c1-22(2,29)14-27-19-7-5-4-6-15(19)11-20(27)25-21(28)16-8-9-23-18(10-16)17-12-24-26(3)13-17;1-11(2,15)7-14-9-6-4-3-5-8(9)13-10(14)12;1-13-6-8(5-12-13)9-4-7(10(14)15)2-3-11-9/h4-10,12-13,29H,11,14H2,1-3H3;3-6,15H,7H2,1-2H3,(H2,12,13);2-6H,1H3,(H,14,15). The van der Waals surface area contributed by atoms with E-state index < -0.39 is 17.2 Å². The van der Waals surface area contributed by atoms with Gasteiger partial charge in [0.2, 0.25) is 5.95 Å². The van der Waals surface area contributed by atoms with E-state index >= 15 is 0 Å². The molecule has 5 aromatic heterocycles. The molecule has 0 bridgehead atoms. The molecule has 5 N–H and O–H groups in total. The summed E-state index contributed by atoms with van der Waals surface area (Å²) < 4.78 is 5.16. The zero-order valence-corrected chi connectivity index (χ0v) is 33.7. The number of fused-ring (bicyclic) bond motifs is 2. The second-order valence-corrected chi connectivity index (χ2v) is 15.4. The maximum Gasteiger partial charge on any atom is 0.335 e. The number of β-amino-alcohol motifs (C(OH)–C–C–N with tert-alkyl or cyclic N) is 1. The number of carbonyl (C=O) groups is 2. The molecule has 0 atom stereocenters. The number of imidazole rings is 1. The number of amides is 1. The molecule has 1 amide bonds. The number of aromatic nitrogens is 8. The monoisotopic (exact) mass is 797 g/mol. The van der Waals surface area contributed by atoms with Crippen molar-refractivity contribution in [2.45, 2.75) is 51.9 Å². The Bertz CT molecular complexity index is 2630. The summed E-state index contributed by atoms with van der Waals surface area (Å²) in [6.07, 6.45) is 10.6. The highest BCUT2D eigenvalue weighted by atomic mass is 16.4. The number of nitrogens with zero attached hydrogens (tertiary/aromatic N) is 10. The molecule has 6 heterocycles. The minimum atomic E-state index is -0.956. The van der Waals surface area contributed by atoms with E-state index in [2.05, 4.69) is 30.1 Å². The van der Waals surface area contributed by atoms with Crippen LogP contribution in [0.4, 0.5) is 11.6 Å². The second kappa shape index (κ2) is 17.2. The second-order valence-electron chi connectivity index (χ2n) is 15.4. The number of carbonyl (C=O) groups excluding carboxylic acids is 1.